The van der Waals surface area contributed by atoms with E-state index in [1.807, 2.05) is 24.3 Å². The van der Waals surface area contributed by atoms with E-state index >= 15 is 0 Å². The van der Waals surface area contributed by atoms with E-state index in [1.54, 1.807) is 0 Å². The lowest BCUT2D eigenvalue weighted by Gasteiger charge is -2.11. The normalized spacial score (nSPS) is 21.1. The Morgan fingerprint density at radius 3 is 3.00 bits per heavy atom. The molecule has 1 heterocycles. The molecule has 2 nitrogen and oxygen atoms in total. The minimum Gasteiger partial charge on any atom is -0.492 e. The second-order valence-electron chi connectivity index (χ2n) is 3.60. The van der Waals surface area contributed by atoms with Gasteiger partial charge in [-0.25, -0.2) is 0 Å². The van der Waals surface area contributed by atoms with Crippen molar-refractivity contribution in [3.05, 3.63) is 28.7 Å². The molecule has 1 aliphatic rings. The highest BCUT2D eigenvalue weighted by Crippen LogP contribution is 2.24. The third-order valence-corrected chi connectivity index (χ3v) is 3.13. The van der Waals surface area contributed by atoms with Gasteiger partial charge in [0.05, 0.1) is 11.1 Å². The second-order valence-corrected chi connectivity index (χ2v) is 4.45. The Kier molecular flexibility index (Phi) is 3.43. The number of benzene rings is 1. The van der Waals surface area contributed by atoms with E-state index in [-0.39, 0.29) is 0 Å². The van der Waals surface area contributed by atoms with Crippen LogP contribution in [-0.2, 0) is 0 Å². The number of para-hydroxylation sites is 1. The summed E-state index contributed by atoms with van der Waals surface area (Å²) in [6.07, 6.45) is 1.23. The first-order valence-corrected chi connectivity index (χ1v) is 5.73. The molecule has 1 fully saturated rings. The Hall–Kier alpha value is -0.540. The second kappa shape index (κ2) is 4.80. The van der Waals surface area contributed by atoms with Gasteiger partial charge in [0, 0.05) is 12.5 Å². The van der Waals surface area contributed by atoms with E-state index in [0.29, 0.717) is 5.92 Å². The van der Waals surface area contributed by atoms with E-state index in [0.717, 1.165) is 29.9 Å². The molecule has 3 heteroatoms. The summed E-state index contributed by atoms with van der Waals surface area (Å²) in [5, 5.41) is 3.33. The van der Waals surface area contributed by atoms with Crippen LogP contribution in [0.1, 0.15) is 6.42 Å². The molecule has 1 unspecified atom stereocenters. The van der Waals surface area contributed by atoms with Crippen LogP contribution in [0.15, 0.2) is 28.7 Å². The minimum absolute atomic E-state index is 0.669. The van der Waals surface area contributed by atoms with Gasteiger partial charge in [-0.3, -0.25) is 0 Å². The summed E-state index contributed by atoms with van der Waals surface area (Å²) in [5.41, 5.74) is 0. The lowest BCUT2D eigenvalue weighted by Crippen LogP contribution is -2.15. The quantitative estimate of drug-likeness (QED) is 0.896. The van der Waals surface area contributed by atoms with Gasteiger partial charge < -0.3 is 10.1 Å². The molecule has 1 aliphatic heterocycles. The molecule has 1 aromatic carbocycles. The molecule has 0 amide bonds. The van der Waals surface area contributed by atoms with Crippen LogP contribution >= 0.6 is 15.9 Å². The van der Waals surface area contributed by atoms with Gasteiger partial charge in [-0.15, -0.1) is 0 Å². The van der Waals surface area contributed by atoms with E-state index in [2.05, 4.69) is 21.2 Å². The number of rotatable bonds is 3. The van der Waals surface area contributed by atoms with Crippen LogP contribution in [0.3, 0.4) is 0 Å². The predicted molar refractivity (Wildman–Crippen MR) is 60.6 cm³/mol. The molecule has 0 bridgehead atoms. The Morgan fingerprint density at radius 1 is 1.43 bits per heavy atom. The van der Waals surface area contributed by atoms with Gasteiger partial charge in [0.1, 0.15) is 5.75 Å². The molecule has 1 aromatic rings. The molecule has 0 radical (unpaired) electrons. The first-order chi connectivity index (χ1) is 6.86. The Bertz CT molecular complexity index is 297. The van der Waals surface area contributed by atoms with Crippen molar-refractivity contribution >= 4 is 15.9 Å². The number of nitrogens with one attached hydrogen (secondary N) is 1. The number of ether oxygens (including phenoxy) is 1. The summed E-state index contributed by atoms with van der Waals surface area (Å²) in [4.78, 5) is 0. The van der Waals surface area contributed by atoms with Crippen molar-refractivity contribution in [1.29, 1.82) is 0 Å². The first kappa shape index (κ1) is 9.99. The SMILES string of the molecule is Brc1ccccc1OCC1CCNC1. The summed E-state index contributed by atoms with van der Waals surface area (Å²) < 4.78 is 6.77. The fourth-order valence-corrected chi connectivity index (χ4v) is 2.03. The molecule has 0 aromatic heterocycles. The maximum Gasteiger partial charge on any atom is 0.133 e. The zero-order valence-electron chi connectivity index (χ0n) is 8.00. The molecule has 14 heavy (non-hydrogen) atoms. The van der Waals surface area contributed by atoms with Crippen molar-refractivity contribution in [2.24, 2.45) is 5.92 Å². The van der Waals surface area contributed by atoms with E-state index < -0.39 is 0 Å². The number of halogens is 1. The van der Waals surface area contributed by atoms with Crippen molar-refractivity contribution in [2.75, 3.05) is 19.7 Å². The molecular formula is C11H14BrNO. The summed E-state index contributed by atoms with van der Waals surface area (Å²) in [7, 11) is 0. The molecular weight excluding hydrogens is 242 g/mol. The Morgan fingerprint density at radius 2 is 2.29 bits per heavy atom. The van der Waals surface area contributed by atoms with Gasteiger partial charge >= 0.3 is 0 Å². The molecule has 0 saturated carbocycles. The van der Waals surface area contributed by atoms with Crippen LogP contribution in [0, 0.1) is 5.92 Å². The van der Waals surface area contributed by atoms with Crippen molar-refractivity contribution in [1.82, 2.24) is 5.32 Å². The zero-order valence-corrected chi connectivity index (χ0v) is 9.59. The van der Waals surface area contributed by atoms with Crippen LogP contribution in [0.4, 0.5) is 0 Å². The average Bonchev–Trinajstić information content (AvgIpc) is 2.69. The highest BCUT2D eigenvalue weighted by Gasteiger charge is 2.15. The van der Waals surface area contributed by atoms with E-state index in [9.17, 15) is 0 Å². The molecule has 0 spiro atoms. The topological polar surface area (TPSA) is 21.3 Å². The predicted octanol–water partition coefficient (Wildman–Crippen LogP) is 2.44. The third kappa shape index (κ3) is 2.49. The highest BCUT2D eigenvalue weighted by molar-refractivity contribution is 9.10. The summed E-state index contributed by atoms with van der Waals surface area (Å²) in [6, 6.07) is 7.98. The van der Waals surface area contributed by atoms with Gasteiger partial charge in [0.2, 0.25) is 0 Å². The van der Waals surface area contributed by atoms with Crippen LogP contribution in [0.2, 0.25) is 0 Å². The van der Waals surface area contributed by atoms with Crippen LogP contribution in [0.25, 0.3) is 0 Å². The minimum atomic E-state index is 0.669. The standard InChI is InChI=1S/C11H14BrNO/c12-10-3-1-2-4-11(10)14-8-9-5-6-13-7-9/h1-4,9,13H,5-8H2. The molecule has 2 rings (SSSR count). The molecule has 76 valence electrons. The van der Waals surface area contributed by atoms with Crippen LogP contribution < -0.4 is 10.1 Å². The van der Waals surface area contributed by atoms with Crippen molar-refractivity contribution < 1.29 is 4.74 Å². The van der Waals surface area contributed by atoms with Gasteiger partial charge in [-0.2, -0.15) is 0 Å². The maximum atomic E-state index is 5.73. The fourth-order valence-electron chi connectivity index (χ4n) is 1.63. The Labute approximate surface area is 92.8 Å². The maximum absolute atomic E-state index is 5.73. The van der Waals surface area contributed by atoms with E-state index in [4.69, 9.17) is 4.74 Å². The Balaban J connectivity index is 1.88. The largest absolute Gasteiger partial charge is 0.492 e. The monoisotopic (exact) mass is 255 g/mol. The smallest absolute Gasteiger partial charge is 0.133 e. The van der Waals surface area contributed by atoms with Crippen molar-refractivity contribution in [2.45, 2.75) is 6.42 Å². The number of hydrogen-bond acceptors (Lipinski definition) is 2. The van der Waals surface area contributed by atoms with Gasteiger partial charge in [-0.05, 0) is 41.0 Å². The summed E-state index contributed by atoms with van der Waals surface area (Å²) >= 11 is 3.47. The molecule has 0 aliphatic carbocycles. The van der Waals surface area contributed by atoms with E-state index in [1.165, 1.54) is 6.42 Å². The number of hydrogen-bond donors (Lipinski definition) is 1. The molecule has 1 N–H and O–H groups in total. The highest BCUT2D eigenvalue weighted by atomic mass is 79.9. The van der Waals surface area contributed by atoms with Crippen LogP contribution in [0.5, 0.6) is 5.75 Å². The van der Waals surface area contributed by atoms with Gasteiger partial charge in [-0.1, -0.05) is 12.1 Å². The van der Waals surface area contributed by atoms with Crippen molar-refractivity contribution in [3.8, 4) is 5.75 Å². The summed E-state index contributed by atoms with van der Waals surface area (Å²) in [6.45, 7) is 3.03. The third-order valence-electron chi connectivity index (χ3n) is 2.47. The zero-order chi connectivity index (χ0) is 9.80. The summed E-state index contributed by atoms with van der Waals surface area (Å²) in [5.74, 6) is 1.61. The molecule has 1 saturated heterocycles. The van der Waals surface area contributed by atoms with Gasteiger partial charge in [0.25, 0.3) is 0 Å². The lowest BCUT2D eigenvalue weighted by molar-refractivity contribution is 0.258. The fraction of sp³-hybridized carbons (Fsp3) is 0.455. The van der Waals surface area contributed by atoms with Crippen LogP contribution in [-0.4, -0.2) is 19.7 Å². The lowest BCUT2D eigenvalue weighted by atomic mass is 10.1. The molecule has 1 atom stereocenters. The van der Waals surface area contributed by atoms with Gasteiger partial charge in [0.15, 0.2) is 0 Å². The average molecular weight is 256 g/mol. The first-order valence-electron chi connectivity index (χ1n) is 4.94. The van der Waals surface area contributed by atoms with Crippen molar-refractivity contribution in [3.63, 3.8) is 0 Å².